The van der Waals surface area contributed by atoms with Crippen LogP contribution in [0.3, 0.4) is 0 Å². The van der Waals surface area contributed by atoms with Gasteiger partial charge in [0.25, 0.3) is 0 Å². The van der Waals surface area contributed by atoms with Gasteiger partial charge in [0.2, 0.25) is 5.91 Å². The fraction of sp³-hybridized carbons (Fsp3) is 0.611. The Balaban J connectivity index is 2.08. The van der Waals surface area contributed by atoms with E-state index in [0.29, 0.717) is 6.61 Å². The van der Waals surface area contributed by atoms with Gasteiger partial charge in [0, 0.05) is 12.3 Å². The molecule has 0 saturated carbocycles. The number of halogens is 1. The van der Waals surface area contributed by atoms with E-state index in [4.69, 9.17) is 4.84 Å². The first-order valence-corrected chi connectivity index (χ1v) is 8.42. The van der Waals surface area contributed by atoms with Crippen molar-refractivity contribution < 1.29 is 14.0 Å². The maximum atomic E-state index is 13.1. The number of allylic oxidation sites excluding steroid dienone is 3. The minimum Gasteiger partial charge on any atom is -0.317 e. The highest BCUT2D eigenvalue weighted by Crippen LogP contribution is 2.27. The van der Waals surface area contributed by atoms with E-state index in [2.05, 4.69) is 11.9 Å². The van der Waals surface area contributed by atoms with Crippen molar-refractivity contribution in [3.8, 4) is 0 Å². The zero-order valence-electron chi connectivity index (χ0n) is 14.1. The van der Waals surface area contributed by atoms with Gasteiger partial charge in [-0.05, 0) is 56.5 Å². The van der Waals surface area contributed by atoms with E-state index < -0.39 is 0 Å². The molecule has 23 heavy (non-hydrogen) atoms. The Labute approximate surface area is 138 Å². The third-order valence-corrected chi connectivity index (χ3v) is 4.40. The first kappa shape index (κ1) is 17.9. The van der Waals surface area contributed by atoms with Crippen LogP contribution in [0, 0.1) is 5.92 Å². The van der Waals surface area contributed by atoms with Gasteiger partial charge in [0.1, 0.15) is 0 Å². The van der Waals surface area contributed by atoms with E-state index in [1.807, 2.05) is 13.0 Å². The summed E-state index contributed by atoms with van der Waals surface area (Å²) in [5.41, 5.74) is 1.68. The topological polar surface area (TPSA) is 41.6 Å². The molecular weight excluding hydrogens is 295 g/mol. The van der Waals surface area contributed by atoms with Gasteiger partial charge >= 0.3 is 0 Å². The summed E-state index contributed by atoms with van der Waals surface area (Å²) in [5.74, 6) is -0.151. The van der Waals surface area contributed by atoms with Gasteiger partial charge in [-0.15, -0.1) is 0 Å². The van der Waals surface area contributed by atoms with Gasteiger partial charge < -0.3 is 5.32 Å². The third kappa shape index (κ3) is 4.75. The van der Waals surface area contributed by atoms with Crippen LogP contribution in [0.1, 0.15) is 39.5 Å². The van der Waals surface area contributed by atoms with Gasteiger partial charge in [-0.3, -0.25) is 9.63 Å². The third-order valence-electron chi connectivity index (χ3n) is 4.40. The lowest BCUT2D eigenvalue weighted by Crippen LogP contribution is -2.43. The number of hydrogen-bond acceptors (Lipinski definition) is 3. The minimum absolute atomic E-state index is 0.0206. The Hall–Kier alpha value is -1.46. The zero-order valence-corrected chi connectivity index (χ0v) is 14.1. The Morgan fingerprint density at radius 2 is 2.04 bits per heavy atom. The largest absolute Gasteiger partial charge is 0.317 e. The lowest BCUT2D eigenvalue weighted by atomic mass is 9.95. The van der Waals surface area contributed by atoms with E-state index >= 15 is 0 Å². The quantitative estimate of drug-likeness (QED) is 0.790. The van der Waals surface area contributed by atoms with Gasteiger partial charge in [-0.25, -0.2) is 9.45 Å². The molecule has 4 nitrogen and oxygen atoms in total. The van der Waals surface area contributed by atoms with Crippen LogP contribution in [0.5, 0.6) is 0 Å². The number of piperidine rings is 1. The summed E-state index contributed by atoms with van der Waals surface area (Å²) in [7, 11) is 0. The van der Waals surface area contributed by atoms with Crippen LogP contribution in [0.25, 0.3) is 0 Å². The number of carbonyl (C=O) groups is 1. The minimum atomic E-state index is -0.226. The molecule has 5 heteroatoms. The smallest absolute Gasteiger partial charge is 0.249 e. The molecule has 2 aliphatic heterocycles. The van der Waals surface area contributed by atoms with Crippen molar-refractivity contribution in [1.82, 2.24) is 10.4 Å². The predicted octanol–water partition coefficient (Wildman–Crippen LogP) is 3.28. The SMILES string of the molecule is C=C(/C=C(\C=C(/C)F)CC)[C@@H]1CCON1C(=O)C1CCNCC1. The van der Waals surface area contributed by atoms with E-state index in [-0.39, 0.29) is 23.7 Å². The monoisotopic (exact) mass is 322 g/mol. The fourth-order valence-corrected chi connectivity index (χ4v) is 3.11. The molecule has 2 rings (SSSR count). The Bertz CT molecular complexity index is 503. The number of amides is 1. The summed E-state index contributed by atoms with van der Waals surface area (Å²) < 4.78 is 13.1. The van der Waals surface area contributed by atoms with Crippen molar-refractivity contribution in [1.29, 1.82) is 0 Å². The van der Waals surface area contributed by atoms with Crippen molar-refractivity contribution in [2.24, 2.45) is 5.92 Å². The van der Waals surface area contributed by atoms with E-state index in [1.54, 1.807) is 0 Å². The molecule has 0 radical (unpaired) electrons. The lowest BCUT2D eigenvalue weighted by molar-refractivity contribution is -0.179. The number of nitrogens with zero attached hydrogens (tertiary/aromatic N) is 1. The molecule has 0 aliphatic carbocycles. The molecule has 2 heterocycles. The molecule has 1 amide bonds. The van der Waals surface area contributed by atoms with Crippen molar-refractivity contribution in [3.05, 3.63) is 35.7 Å². The van der Waals surface area contributed by atoms with E-state index in [0.717, 1.165) is 49.9 Å². The van der Waals surface area contributed by atoms with Crippen LogP contribution in [-0.4, -0.2) is 36.7 Å². The molecule has 2 aliphatic rings. The number of nitrogens with one attached hydrogen (secondary N) is 1. The second kappa shape index (κ2) is 8.41. The number of carbonyl (C=O) groups excluding carboxylic acids is 1. The number of hydrogen-bond donors (Lipinski definition) is 1. The maximum absolute atomic E-state index is 13.1. The van der Waals surface area contributed by atoms with Gasteiger partial charge in [-0.2, -0.15) is 0 Å². The highest BCUT2D eigenvalue weighted by molar-refractivity contribution is 5.79. The summed E-state index contributed by atoms with van der Waals surface area (Å²) in [4.78, 5) is 18.3. The van der Waals surface area contributed by atoms with Crippen LogP contribution in [0.2, 0.25) is 0 Å². The van der Waals surface area contributed by atoms with Crippen LogP contribution in [-0.2, 0) is 9.63 Å². The molecule has 1 N–H and O–H groups in total. The van der Waals surface area contributed by atoms with Crippen LogP contribution in [0.15, 0.2) is 35.7 Å². The second-order valence-electron chi connectivity index (χ2n) is 6.20. The first-order chi connectivity index (χ1) is 11.0. The molecule has 2 fully saturated rings. The molecule has 0 unspecified atom stereocenters. The average Bonchev–Trinajstić information content (AvgIpc) is 3.03. The molecule has 0 aromatic carbocycles. The molecule has 0 aromatic heterocycles. The summed E-state index contributed by atoms with van der Waals surface area (Å²) in [6.45, 7) is 9.76. The maximum Gasteiger partial charge on any atom is 0.249 e. The van der Waals surface area contributed by atoms with Crippen LogP contribution < -0.4 is 5.32 Å². The zero-order chi connectivity index (χ0) is 16.8. The fourth-order valence-electron chi connectivity index (χ4n) is 3.11. The molecule has 2 saturated heterocycles. The number of rotatable bonds is 5. The Morgan fingerprint density at radius 1 is 1.35 bits per heavy atom. The standard InChI is InChI=1S/C18H27FN2O2/c1-4-15(12-14(3)19)11-13(2)17-7-10-23-21(17)18(22)16-5-8-20-9-6-16/h11-12,16-17,20H,2,4-10H2,1,3H3/b14-12+,15-11-/t17-/m0/s1. The van der Waals surface area contributed by atoms with E-state index in [9.17, 15) is 9.18 Å². The summed E-state index contributed by atoms with van der Waals surface area (Å²) in [6.07, 6.45) is 6.54. The van der Waals surface area contributed by atoms with Gasteiger partial charge in [-0.1, -0.05) is 19.6 Å². The van der Waals surface area contributed by atoms with Crippen molar-refractivity contribution in [2.45, 2.75) is 45.6 Å². The Kier molecular flexibility index (Phi) is 6.54. The summed E-state index contributed by atoms with van der Waals surface area (Å²) in [6, 6.07) is -0.146. The van der Waals surface area contributed by atoms with Crippen molar-refractivity contribution in [2.75, 3.05) is 19.7 Å². The molecule has 128 valence electrons. The highest BCUT2D eigenvalue weighted by Gasteiger charge is 2.36. The normalized spacial score (nSPS) is 24.1. The van der Waals surface area contributed by atoms with E-state index in [1.165, 1.54) is 18.1 Å². The summed E-state index contributed by atoms with van der Waals surface area (Å²) in [5, 5.41) is 4.77. The van der Waals surface area contributed by atoms with Crippen LogP contribution >= 0.6 is 0 Å². The summed E-state index contributed by atoms with van der Waals surface area (Å²) >= 11 is 0. The van der Waals surface area contributed by atoms with Crippen molar-refractivity contribution in [3.63, 3.8) is 0 Å². The van der Waals surface area contributed by atoms with Crippen LogP contribution in [0.4, 0.5) is 4.39 Å². The lowest BCUT2D eigenvalue weighted by Gasteiger charge is -2.29. The van der Waals surface area contributed by atoms with Gasteiger partial charge in [0.05, 0.1) is 18.5 Å². The highest BCUT2D eigenvalue weighted by atomic mass is 19.1. The number of hydroxylamine groups is 2. The molecule has 0 spiro atoms. The second-order valence-corrected chi connectivity index (χ2v) is 6.20. The predicted molar refractivity (Wildman–Crippen MR) is 89.2 cm³/mol. The average molecular weight is 322 g/mol. The molecule has 0 aromatic rings. The van der Waals surface area contributed by atoms with Gasteiger partial charge in [0.15, 0.2) is 0 Å². The Morgan fingerprint density at radius 3 is 2.65 bits per heavy atom. The molecular formula is C18H27FN2O2. The first-order valence-electron chi connectivity index (χ1n) is 8.42. The molecule has 1 atom stereocenters. The molecule has 0 bridgehead atoms. The van der Waals surface area contributed by atoms with Crippen molar-refractivity contribution >= 4 is 5.91 Å².